The van der Waals surface area contributed by atoms with Crippen LogP contribution in [0.2, 0.25) is 0 Å². The van der Waals surface area contributed by atoms with Crippen LogP contribution in [-0.4, -0.2) is 14.5 Å². The molecule has 2 aromatic rings. The van der Waals surface area contributed by atoms with Crippen molar-refractivity contribution in [2.45, 2.75) is 35.4 Å². The van der Waals surface area contributed by atoms with E-state index in [4.69, 9.17) is 0 Å². The summed E-state index contributed by atoms with van der Waals surface area (Å²) in [6.07, 6.45) is 0. The number of hydrogen-bond acceptors (Lipinski definition) is 5. The molecule has 0 unspecified atom stereocenters. The standard InChI is InChI=1S/C12H14N2OS2/c1-12(2,3)10-13-11(17-14-10)16-9-6-4-8(15)5-7-9/h4-7,15H,1-3H3. The molecular formula is C12H14N2OS2. The zero-order chi connectivity index (χ0) is 12.5. The first kappa shape index (κ1) is 12.4. The molecule has 3 nitrogen and oxygen atoms in total. The van der Waals surface area contributed by atoms with Gasteiger partial charge in [-0.25, -0.2) is 4.98 Å². The van der Waals surface area contributed by atoms with Gasteiger partial charge in [0.2, 0.25) is 0 Å². The highest BCUT2D eigenvalue weighted by Gasteiger charge is 2.19. The van der Waals surface area contributed by atoms with Crippen molar-refractivity contribution in [3.63, 3.8) is 0 Å². The maximum atomic E-state index is 9.20. The summed E-state index contributed by atoms with van der Waals surface area (Å²) in [5.41, 5.74) is -0.00966. The SMILES string of the molecule is CC(C)(C)c1nsc(Sc2ccc(O)cc2)n1. The normalized spacial score (nSPS) is 11.7. The molecule has 17 heavy (non-hydrogen) atoms. The molecule has 1 aromatic carbocycles. The van der Waals surface area contributed by atoms with Gasteiger partial charge in [-0.1, -0.05) is 32.5 Å². The van der Waals surface area contributed by atoms with Gasteiger partial charge in [-0.15, -0.1) is 0 Å². The van der Waals surface area contributed by atoms with Gasteiger partial charge in [0.25, 0.3) is 0 Å². The molecule has 0 amide bonds. The van der Waals surface area contributed by atoms with Crippen molar-refractivity contribution in [1.29, 1.82) is 0 Å². The molecule has 2 rings (SSSR count). The van der Waals surface area contributed by atoms with Crippen LogP contribution >= 0.6 is 23.3 Å². The predicted octanol–water partition coefficient (Wildman–Crippen LogP) is 3.69. The van der Waals surface area contributed by atoms with E-state index < -0.39 is 0 Å². The maximum absolute atomic E-state index is 9.20. The van der Waals surface area contributed by atoms with Crippen molar-refractivity contribution in [1.82, 2.24) is 9.36 Å². The Kier molecular flexibility index (Phi) is 3.40. The van der Waals surface area contributed by atoms with Crippen LogP contribution in [0, 0.1) is 0 Å². The molecule has 0 aliphatic carbocycles. The van der Waals surface area contributed by atoms with Crippen LogP contribution in [0.3, 0.4) is 0 Å². The van der Waals surface area contributed by atoms with Gasteiger partial charge in [-0.05, 0) is 35.8 Å². The Hall–Kier alpha value is -1.07. The molecule has 0 spiro atoms. The first-order valence-corrected chi connectivity index (χ1v) is 6.85. The maximum Gasteiger partial charge on any atom is 0.174 e. The van der Waals surface area contributed by atoms with Gasteiger partial charge in [0.15, 0.2) is 4.34 Å². The van der Waals surface area contributed by atoms with E-state index in [9.17, 15) is 5.11 Å². The number of hydrogen-bond donors (Lipinski definition) is 1. The highest BCUT2D eigenvalue weighted by Crippen LogP contribution is 2.32. The number of phenolic OH excluding ortho intramolecular Hbond substituents is 1. The minimum Gasteiger partial charge on any atom is -0.508 e. The first-order chi connectivity index (χ1) is 7.95. The fraction of sp³-hybridized carbons (Fsp3) is 0.333. The fourth-order valence-corrected chi connectivity index (χ4v) is 2.93. The van der Waals surface area contributed by atoms with Crippen molar-refractivity contribution >= 4 is 23.3 Å². The highest BCUT2D eigenvalue weighted by molar-refractivity contribution is 8.01. The van der Waals surface area contributed by atoms with Crippen molar-refractivity contribution in [2.75, 3.05) is 0 Å². The summed E-state index contributed by atoms with van der Waals surface area (Å²) in [7, 11) is 0. The number of benzene rings is 1. The molecule has 0 aliphatic rings. The number of aromatic hydroxyl groups is 1. The van der Waals surface area contributed by atoms with Crippen molar-refractivity contribution in [3.05, 3.63) is 30.1 Å². The Morgan fingerprint density at radius 2 is 1.82 bits per heavy atom. The Bertz CT molecular complexity index is 500. The topological polar surface area (TPSA) is 46.0 Å². The third-order valence-electron chi connectivity index (χ3n) is 2.12. The summed E-state index contributed by atoms with van der Waals surface area (Å²) in [5, 5.41) is 9.20. The van der Waals surface area contributed by atoms with Crippen molar-refractivity contribution in [3.8, 4) is 5.75 Å². The van der Waals surface area contributed by atoms with Crippen molar-refractivity contribution in [2.24, 2.45) is 0 Å². The summed E-state index contributed by atoms with van der Waals surface area (Å²) in [6, 6.07) is 7.10. The molecule has 0 saturated heterocycles. The molecule has 0 saturated carbocycles. The second-order valence-corrected chi connectivity index (χ2v) is 6.80. The quantitative estimate of drug-likeness (QED) is 0.900. The van der Waals surface area contributed by atoms with Gasteiger partial charge in [0, 0.05) is 10.3 Å². The molecule has 0 radical (unpaired) electrons. The Morgan fingerprint density at radius 3 is 2.35 bits per heavy atom. The largest absolute Gasteiger partial charge is 0.508 e. The zero-order valence-corrected chi connectivity index (χ0v) is 11.6. The van der Waals surface area contributed by atoms with E-state index in [0.29, 0.717) is 0 Å². The minimum absolute atomic E-state index is 0.00966. The van der Waals surface area contributed by atoms with E-state index in [1.54, 1.807) is 23.9 Å². The zero-order valence-electron chi connectivity index (χ0n) is 9.97. The fourth-order valence-electron chi connectivity index (χ4n) is 1.17. The number of nitrogens with zero attached hydrogens (tertiary/aromatic N) is 2. The number of rotatable bonds is 2. The summed E-state index contributed by atoms with van der Waals surface area (Å²) in [4.78, 5) is 5.56. The van der Waals surface area contributed by atoms with Crippen LogP contribution < -0.4 is 0 Å². The van der Waals surface area contributed by atoms with Crippen LogP contribution in [0.1, 0.15) is 26.6 Å². The Labute approximate surface area is 109 Å². The summed E-state index contributed by atoms with van der Waals surface area (Å²) in [6.45, 7) is 6.30. The lowest BCUT2D eigenvalue weighted by Gasteiger charge is -2.12. The molecule has 0 aliphatic heterocycles. The van der Waals surface area contributed by atoms with Gasteiger partial charge < -0.3 is 5.11 Å². The second kappa shape index (κ2) is 4.66. The lowest BCUT2D eigenvalue weighted by atomic mass is 9.96. The first-order valence-electron chi connectivity index (χ1n) is 5.26. The molecular weight excluding hydrogens is 252 g/mol. The van der Waals surface area contributed by atoms with E-state index >= 15 is 0 Å². The second-order valence-electron chi connectivity index (χ2n) is 4.73. The van der Waals surface area contributed by atoms with E-state index in [1.165, 1.54) is 11.5 Å². The molecule has 0 atom stereocenters. The van der Waals surface area contributed by atoms with Gasteiger partial charge in [-0.2, -0.15) is 4.37 Å². The third kappa shape index (κ3) is 3.20. The molecule has 90 valence electrons. The number of phenols is 1. The predicted molar refractivity (Wildman–Crippen MR) is 70.8 cm³/mol. The Morgan fingerprint density at radius 1 is 1.18 bits per heavy atom. The molecule has 0 bridgehead atoms. The van der Waals surface area contributed by atoms with Gasteiger partial charge >= 0.3 is 0 Å². The smallest absolute Gasteiger partial charge is 0.174 e. The molecule has 1 aromatic heterocycles. The van der Waals surface area contributed by atoms with Gasteiger partial charge in [0.05, 0.1) is 0 Å². The van der Waals surface area contributed by atoms with Crippen LogP contribution in [0.4, 0.5) is 0 Å². The number of aromatic nitrogens is 2. The minimum atomic E-state index is -0.00966. The summed E-state index contributed by atoms with van der Waals surface area (Å²) in [5.74, 6) is 1.16. The summed E-state index contributed by atoms with van der Waals surface area (Å²) < 4.78 is 5.29. The van der Waals surface area contributed by atoms with Crippen LogP contribution in [0.15, 0.2) is 33.5 Å². The van der Waals surface area contributed by atoms with Gasteiger partial charge in [-0.3, -0.25) is 0 Å². The highest BCUT2D eigenvalue weighted by atomic mass is 32.2. The average molecular weight is 266 g/mol. The molecule has 1 N–H and O–H groups in total. The van der Waals surface area contributed by atoms with E-state index in [0.717, 1.165) is 15.1 Å². The van der Waals surface area contributed by atoms with E-state index in [1.807, 2.05) is 12.1 Å². The van der Waals surface area contributed by atoms with Crippen molar-refractivity contribution < 1.29 is 5.11 Å². The monoisotopic (exact) mass is 266 g/mol. The lowest BCUT2D eigenvalue weighted by molar-refractivity contribution is 0.475. The Balaban J connectivity index is 2.14. The average Bonchev–Trinajstić information content (AvgIpc) is 2.69. The van der Waals surface area contributed by atoms with Crippen LogP contribution in [0.25, 0.3) is 0 Å². The van der Waals surface area contributed by atoms with E-state index in [2.05, 4.69) is 30.1 Å². The molecule has 0 fully saturated rings. The third-order valence-corrected chi connectivity index (χ3v) is 3.88. The van der Waals surface area contributed by atoms with Crippen LogP contribution in [0.5, 0.6) is 5.75 Å². The summed E-state index contributed by atoms with van der Waals surface area (Å²) >= 11 is 2.98. The molecule has 1 heterocycles. The van der Waals surface area contributed by atoms with Gasteiger partial charge in [0.1, 0.15) is 11.6 Å². The lowest BCUT2D eigenvalue weighted by Crippen LogP contribution is -2.12. The molecule has 5 heteroatoms. The van der Waals surface area contributed by atoms with Crippen LogP contribution in [-0.2, 0) is 5.41 Å². The van der Waals surface area contributed by atoms with E-state index in [-0.39, 0.29) is 11.2 Å².